The van der Waals surface area contributed by atoms with Crippen LogP contribution in [0, 0.1) is 78.9 Å². The maximum absolute atomic E-state index is 11.7. The number of nitrogens with zero attached hydrogens (tertiary/aromatic N) is 21. The molecule has 0 saturated heterocycles. The van der Waals surface area contributed by atoms with Crippen LogP contribution in [0.15, 0.2) is 291 Å². The molecule has 0 fully saturated rings. The minimum Gasteiger partial charge on any atom is -0.471 e. The van der Waals surface area contributed by atoms with Crippen molar-refractivity contribution in [2.45, 2.75) is 68.9 Å². The number of tetrazole rings is 1. The first-order chi connectivity index (χ1) is 60.5. The van der Waals surface area contributed by atoms with Gasteiger partial charge in [-0.05, 0) is 157 Å². The smallest absolute Gasteiger partial charge is 0.329 e. The molecule has 0 saturated carbocycles. The van der Waals surface area contributed by atoms with Crippen LogP contribution < -0.4 is 4.74 Å². The Hall–Kier alpha value is -13.6. The Bertz CT molecular complexity index is 7330. The maximum atomic E-state index is 11.7. The molecule has 24 nitrogen and oxygen atoms in total. The largest absolute Gasteiger partial charge is 0.471 e. The number of aryl methyl sites for hydroxylation is 3. The molecular weight excluding hydrogens is 2310 g/mol. The standard InChI is InChI=1S/C31H19N4O.C26H19N4.C22H23N4O2.C11H12N7.C10H9N2.4Ir/c1-3-12-23-21(8-1)10-5-14-25(23)27-16-7-17-28(26-15-6-11-22-9-2-4-13-24(22)26)30(27)35-20-32-33-31(35)29-18-19-36-34-29;1-2-29-22-11-6-5-10-21(22)25-23(29)12-7-13-24(25)30-17-27-28-26(30)20-15-14-18-8-3-4-9-19(18)16-20;1-12(2)22(27)28-19-10-8-18(9-11-19)21-23-24-25-26(21)20-16(6)14(4)13(3)15(5)17(20)7;1-8-9(2)16(3)11(15-8)18-10(12-7-14-18)17-6-4-5-13-17;1-12-8-7-11-10(12)9-5-3-2-4-6-9;;;;/h1-17,19-20H;3-14,16-17H,2H2,1H3;8,10-11H,1H2,2-7H3;4-5,7H,1-3H3;2-5,7-8H,1H3;;;;/q5*-1;;;;. The molecule has 0 aliphatic carbocycles. The summed E-state index contributed by atoms with van der Waals surface area (Å²) in [4.78, 5) is 24.6. The number of benzene rings is 12. The third-order valence-corrected chi connectivity index (χ3v) is 22.4. The van der Waals surface area contributed by atoms with E-state index in [0.717, 1.165) is 91.2 Å². The van der Waals surface area contributed by atoms with Crippen LogP contribution in [0.2, 0.25) is 0 Å². The quantitative estimate of drug-likeness (QED) is 0.0425. The zero-order valence-electron chi connectivity index (χ0n) is 71.3. The van der Waals surface area contributed by atoms with Crippen molar-refractivity contribution in [3.8, 4) is 103 Å². The Morgan fingerprint density at radius 2 is 1.11 bits per heavy atom. The van der Waals surface area contributed by atoms with E-state index in [1.165, 1.54) is 88.1 Å². The molecule has 9 aromatic heterocycles. The number of hydrogen-bond acceptors (Lipinski definition) is 16. The fourth-order valence-corrected chi connectivity index (χ4v) is 15.5. The van der Waals surface area contributed by atoms with Crippen molar-refractivity contribution in [1.29, 1.82) is 0 Å². The van der Waals surface area contributed by atoms with Crippen molar-refractivity contribution in [3.05, 3.63) is 356 Å². The van der Waals surface area contributed by atoms with Gasteiger partial charge in [-0.3, -0.25) is 15.1 Å². The summed E-state index contributed by atoms with van der Waals surface area (Å²) < 4.78 is 25.6. The normalized spacial score (nSPS) is 10.8. The van der Waals surface area contributed by atoms with Crippen LogP contribution in [0.4, 0.5) is 0 Å². The zero-order chi connectivity index (χ0) is 85.6. The summed E-state index contributed by atoms with van der Waals surface area (Å²) in [7, 11) is 3.92. The molecule has 0 bridgehead atoms. The average molecular weight is 2390 g/mol. The second-order valence-electron chi connectivity index (χ2n) is 29.6. The number of fused-ring (bicyclic) bond motifs is 6. The predicted octanol–water partition coefficient (Wildman–Crippen LogP) is 20.0. The van der Waals surface area contributed by atoms with Gasteiger partial charge in [0, 0.05) is 181 Å². The molecule has 0 amide bonds. The van der Waals surface area contributed by atoms with Gasteiger partial charge in [0.25, 0.3) is 0 Å². The average Bonchev–Trinajstić information content (AvgIpc) is 1.59. The van der Waals surface area contributed by atoms with E-state index < -0.39 is 5.97 Å². The van der Waals surface area contributed by atoms with Gasteiger partial charge < -0.3 is 36.8 Å². The van der Waals surface area contributed by atoms with Gasteiger partial charge in [-0.15, -0.1) is 111 Å². The van der Waals surface area contributed by atoms with E-state index in [0.29, 0.717) is 46.1 Å². The van der Waals surface area contributed by atoms with Crippen LogP contribution in [0.3, 0.4) is 0 Å². The Kier molecular flexibility index (Phi) is 29.3. The van der Waals surface area contributed by atoms with Gasteiger partial charge >= 0.3 is 5.97 Å². The Balaban J connectivity index is 0.000000141. The van der Waals surface area contributed by atoms with Crippen molar-refractivity contribution >= 4 is 60.1 Å². The molecular formula is C100H82Ir4N21O3-5. The number of imidazole rings is 2. The minimum atomic E-state index is -0.470. The van der Waals surface area contributed by atoms with Crippen molar-refractivity contribution in [2.24, 2.45) is 14.1 Å². The first-order valence-electron chi connectivity index (χ1n) is 40.2. The molecule has 0 aliphatic rings. The van der Waals surface area contributed by atoms with E-state index >= 15 is 0 Å². The van der Waals surface area contributed by atoms with Gasteiger partial charge in [-0.2, -0.15) is 26.5 Å². The number of aromatic nitrogens is 21. The fourth-order valence-electron chi connectivity index (χ4n) is 15.5. The van der Waals surface area contributed by atoms with Crippen molar-refractivity contribution in [2.75, 3.05) is 0 Å². The van der Waals surface area contributed by atoms with E-state index in [1.54, 1.807) is 65.6 Å². The molecule has 21 aromatic rings. The molecule has 12 aromatic carbocycles. The Labute approximate surface area is 792 Å². The third-order valence-electron chi connectivity index (χ3n) is 22.4. The molecule has 646 valence electrons. The zero-order valence-corrected chi connectivity index (χ0v) is 80.9. The molecule has 4 radical (unpaired) electrons. The first kappa shape index (κ1) is 92.0. The van der Waals surface area contributed by atoms with Crippen LogP contribution in [-0.4, -0.2) is 109 Å². The molecule has 0 N–H and O–H groups in total. The summed E-state index contributed by atoms with van der Waals surface area (Å²) in [5.74, 6) is 4.09. The number of ether oxygens (including phenoxy) is 1. The Morgan fingerprint density at radius 1 is 0.508 bits per heavy atom. The van der Waals surface area contributed by atoms with Gasteiger partial charge in [-0.1, -0.05) is 176 Å². The molecule has 28 heteroatoms. The second-order valence-corrected chi connectivity index (χ2v) is 29.6. The summed E-state index contributed by atoms with van der Waals surface area (Å²) in [6, 6.07) is 90.9. The van der Waals surface area contributed by atoms with Gasteiger partial charge in [0.15, 0.2) is 5.95 Å². The van der Waals surface area contributed by atoms with Gasteiger partial charge in [-0.25, -0.2) is 24.2 Å². The number of esters is 1. The Morgan fingerprint density at radius 3 is 1.73 bits per heavy atom. The number of rotatable bonds is 14. The summed E-state index contributed by atoms with van der Waals surface area (Å²) >= 11 is 0. The molecule has 0 spiro atoms. The van der Waals surface area contributed by atoms with Crippen molar-refractivity contribution in [3.63, 3.8) is 0 Å². The summed E-state index contributed by atoms with van der Waals surface area (Å²) in [6.07, 6.45) is 14.7. The van der Waals surface area contributed by atoms with E-state index in [-0.39, 0.29) is 80.4 Å². The molecule has 128 heavy (non-hydrogen) atoms. The molecule has 9 heterocycles. The van der Waals surface area contributed by atoms with Crippen molar-refractivity contribution in [1.82, 2.24) is 103 Å². The third kappa shape index (κ3) is 18.4. The van der Waals surface area contributed by atoms with Crippen molar-refractivity contribution < 1.29 is 94.5 Å². The summed E-state index contributed by atoms with van der Waals surface area (Å²) in [5, 5.41) is 51.6. The molecule has 0 unspecified atom stereocenters. The van der Waals surface area contributed by atoms with Gasteiger partial charge in [0.05, 0.1) is 28.5 Å². The van der Waals surface area contributed by atoms with E-state index in [1.807, 2.05) is 84.2 Å². The molecule has 21 rings (SSSR count). The molecule has 0 aliphatic heterocycles. The second kappa shape index (κ2) is 40.8. The monoisotopic (exact) mass is 2400 g/mol. The van der Waals surface area contributed by atoms with Crippen LogP contribution in [0.1, 0.15) is 53.1 Å². The topological polar surface area (TPSA) is 246 Å². The van der Waals surface area contributed by atoms with E-state index in [4.69, 9.17) is 9.26 Å². The number of carbonyl (C=O) groups excluding carboxylic acids is 1. The number of carbonyl (C=O) groups is 1. The maximum Gasteiger partial charge on any atom is 0.329 e. The summed E-state index contributed by atoms with van der Waals surface area (Å²) in [6.45, 7) is 22.8. The van der Waals surface area contributed by atoms with E-state index in [2.05, 4.69) is 324 Å². The first-order valence-corrected chi connectivity index (χ1v) is 40.2. The minimum absolute atomic E-state index is 0. The van der Waals surface area contributed by atoms with Gasteiger partial charge in [0.1, 0.15) is 24.8 Å². The van der Waals surface area contributed by atoms with E-state index in [9.17, 15) is 4.79 Å². The summed E-state index contributed by atoms with van der Waals surface area (Å²) in [5.41, 5.74) is 21.5. The predicted molar refractivity (Wildman–Crippen MR) is 482 cm³/mol. The number of para-hydroxylation sites is 2. The molecule has 0 atom stereocenters. The van der Waals surface area contributed by atoms with Crippen LogP contribution in [0.5, 0.6) is 5.75 Å². The van der Waals surface area contributed by atoms with Crippen LogP contribution >= 0.6 is 0 Å². The number of hydrogen-bond donors (Lipinski definition) is 0. The van der Waals surface area contributed by atoms with Crippen LogP contribution in [0.25, 0.3) is 151 Å². The SMILES string of the molecule is C=C(C)C(=O)Oc1c[c-]c(-c2nnnn2-c2c(C)c(C)c(C)c(C)c2C)cc1.CCn1c2ccccc2c2c(-n3cnnc3-c3[c-]cc4ccccc4c3)cccc21.Cc1nc(-n2ncnc2-n2[c-]ccn2)n(C)c1C.Cn1ccnc1-c1[c-]cccc1.[Ir].[Ir].[Ir].[Ir].[c-]1conc1-c1nncn1-c1c(-c2cccc3ccccc23)cccc1-c1cccc2ccccc12. The van der Waals surface area contributed by atoms with Crippen LogP contribution in [-0.2, 0) is 106 Å². The fraction of sp³-hybridized carbons (Fsp3) is 0.120. The van der Waals surface area contributed by atoms with Gasteiger partial charge in [0.2, 0.25) is 5.95 Å².